The Hall–Kier alpha value is -1.54. The standard InChI is InChI=1S/C20H26Cl2N4O3/c1-3-12-6-16(26(2)25-12)18(28)24-20-9-19(10-20,11-20)23-17(27)8-29-13-4-5-14(21)15(22)7-13/h4-5,7,12,16,25H,3,6,8-11H2,1-2H3,(H,23,27)(H,24,28). The molecule has 29 heavy (non-hydrogen) atoms. The predicted octanol–water partition coefficient (Wildman–Crippen LogP) is 2.27. The third-order valence-electron chi connectivity index (χ3n) is 6.24. The molecule has 7 nitrogen and oxygen atoms in total. The molecule has 4 aliphatic rings. The van der Waals surface area contributed by atoms with Crippen LogP contribution in [0.4, 0.5) is 0 Å². The lowest BCUT2D eigenvalue weighted by Crippen LogP contribution is -2.84. The minimum atomic E-state index is -0.211. The molecule has 0 aromatic heterocycles. The average molecular weight is 441 g/mol. The Labute approximate surface area is 180 Å². The molecule has 1 saturated heterocycles. The van der Waals surface area contributed by atoms with E-state index >= 15 is 0 Å². The van der Waals surface area contributed by atoms with E-state index in [2.05, 4.69) is 23.0 Å². The van der Waals surface area contributed by atoms with E-state index in [0.717, 1.165) is 32.1 Å². The molecule has 2 atom stereocenters. The molecule has 1 aromatic carbocycles. The minimum Gasteiger partial charge on any atom is -0.484 e. The van der Waals surface area contributed by atoms with Crippen LogP contribution in [0.1, 0.15) is 39.0 Å². The third kappa shape index (κ3) is 4.06. The zero-order valence-corrected chi connectivity index (χ0v) is 18.1. The zero-order chi connectivity index (χ0) is 20.8. The summed E-state index contributed by atoms with van der Waals surface area (Å²) in [6.45, 7) is 2.03. The summed E-state index contributed by atoms with van der Waals surface area (Å²) >= 11 is 11.8. The SMILES string of the molecule is CCC1CC(C(=O)NC23CC(NC(=O)COc4ccc(Cl)c(Cl)c4)(C2)C3)N(C)N1. The number of nitrogens with one attached hydrogen (secondary N) is 3. The van der Waals surface area contributed by atoms with Crippen LogP contribution in [-0.2, 0) is 9.59 Å². The van der Waals surface area contributed by atoms with Crippen molar-refractivity contribution in [1.82, 2.24) is 21.1 Å². The number of hydrazine groups is 1. The smallest absolute Gasteiger partial charge is 0.258 e. The molecule has 2 bridgehead atoms. The van der Waals surface area contributed by atoms with Crippen LogP contribution in [0, 0.1) is 0 Å². The number of amides is 2. The number of hydrogen-bond donors (Lipinski definition) is 3. The zero-order valence-electron chi connectivity index (χ0n) is 16.6. The van der Waals surface area contributed by atoms with E-state index in [-0.39, 0.29) is 35.5 Å². The van der Waals surface area contributed by atoms with Crippen molar-refractivity contribution in [3.05, 3.63) is 28.2 Å². The molecule has 158 valence electrons. The van der Waals surface area contributed by atoms with Gasteiger partial charge in [-0.3, -0.25) is 15.0 Å². The number of benzene rings is 1. The molecule has 1 heterocycles. The quantitative estimate of drug-likeness (QED) is 0.605. The minimum absolute atomic E-state index is 0.0681. The average Bonchev–Trinajstić information content (AvgIpc) is 3.01. The van der Waals surface area contributed by atoms with Gasteiger partial charge in [-0.25, -0.2) is 5.01 Å². The molecule has 5 rings (SSSR count). The Morgan fingerprint density at radius 2 is 1.90 bits per heavy atom. The van der Waals surface area contributed by atoms with Gasteiger partial charge >= 0.3 is 0 Å². The number of carbonyl (C=O) groups excluding carboxylic acids is 2. The van der Waals surface area contributed by atoms with Crippen LogP contribution in [0.15, 0.2) is 18.2 Å². The maximum absolute atomic E-state index is 12.7. The topological polar surface area (TPSA) is 82.7 Å². The number of halogens is 2. The Balaban J connectivity index is 1.21. The maximum Gasteiger partial charge on any atom is 0.258 e. The summed E-state index contributed by atoms with van der Waals surface area (Å²) in [5.41, 5.74) is 2.94. The summed E-state index contributed by atoms with van der Waals surface area (Å²) in [5.74, 6) is 0.385. The summed E-state index contributed by atoms with van der Waals surface area (Å²) in [6.07, 6.45) is 4.13. The lowest BCUT2D eigenvalue weighted by Gasteiger charge is -2.70. The molecule has 9 heteroatoms. The van der Waals surface area contributed by atoms with Crippen molar-refractivity contribution < 1.29 is 14.3 Å². The van der Waals surface area contributed by atoms with Gasteiger partial charge in [-0.1, -0.05) is 30.1 Å². The molecular formula is C20H26Cl2N4O3. The molecule has 2 amide bonds. The molecule has 2 unspecified atom stereocenters. The normalized spacial score (nSPS) is 32.8. The highest BCUT2D eigenvalue weighted by Gasteiger charge is 2.69. The van der Waals surface area contributed by atoms with Crippen molar-refractivity contribution in [1.29, 1.82) is 0 Å². The molecule has 4 fully saturated rings. The third-order valence-corrected chi connectivity index (χ3v) is 6.98. The van der Waals surface area contributed by atoms with E-state index < -0.39 is 0 Å². The van der Waals surface area contributed by atoms with Crippen molar-refractivity contribution in [2.45, 2.75) is 62.2 Å². The maximum atomic E-state index is 12.7. The number of likely N-dealkylation sites (N-methyl/N-ethyl adjacent to an activating group) is 1. The van der Waals surface area contributed by atoms with Crippen LogP contribution >= 0.6 is 23.2 Å². The van der Waals surface area contributed by atoms with Gasteiger partial charge in [0.05, 0.1) is 10.0 Å². The monoisotopic (exact) mass is 440 g/mol. The summed E-state index contributed by atoms with van der Waals surface area (Å²) in [5, 5.41) is 9.00. The van der Waals surface area contributed by atoms with Gasteiger partial charge in [0.1, 0.15) is 11.8 Å². The molecule has 1 aliphatic heterocycles. The summed E-state index contributed by atoms with van der Waals surface area (Å²) in [7, 11) is 1.91. The molecular weight excluding hydrogens is 415 g/mol. The predicted molar refractivity (Wildman–Crippen MR) is 111 cm³/mol. The first-order valence-corrected chi connectivity index (χ1v) is 10.7. The highest BCUT2D eigenvalue weighted by Crippen LogP contribution is 2.60. The Kier molecular flexibility index (Phi) is 5.44. The van der Waals surface area contributed by atoms with Crippen molar-refractivity contribution in [2.24, 2.45) is 0 Å². The first-order valence-electron chi connectivity index (χ1n) is 9.93. The first kappa shape index (κ1) is 20.7. The van der Waals surface area contributed by atoms with Crippen LogP contribution in [0.25, 0.3) is 0 Å². The van der Waals surface area contributed by atoms with Crippen molar-refractivity contribution in [2.75, 3.05) is 13.7 Å². The van der Waals surface area contributed by atoms with Crippen molar-refractivity contribution in [3.63, 3.8) is 0 Å². The fraction of sp³-hybridized carbons (Fsp3) is 0.600. The second kappa shape index (κ2) is 7.61. The van der Waals surface area contributed by atoms with E-state index in [0.29, 0.717) is 21.8 Å². The second-order valence-corrected chi connectivity index (χ2v) is 9.40. The molecule has 0 radical (unpaired) electrons. The van der Waals surface area contributed by atoms with Crippen LogP contribution in [0.2, 0.25) is 10.0 Å². The van der Waals surface area contributed by atoms with Crippen LogP contribution in [0.3, 0.4) is 0 Å². The van der Waals surface area contributed by atoms with Gasteiger partial charge in [0.2, 0.25) is 5.91 Å². The van der Waals surface area contributed by atoms with E-state index in [1.165, 1.54) is 0 Å². The van der Waals surface area contributed by atoms with Gasteiger partial charge in [-0.15, -0.1) is 0 Å². The number of hydrogen-bond acceptors (Lipinski definition) is 5. The Bertz CT molecular complexity index is 814. The lowest BCUT2D eigenvalue weighted by atomic mass is 9.44. The van der Waals surface area contributed by atoms with E-state index in [1.54, 1.807) is 18.2 Å². The van der Waals surface area contributed by atoms with Crippen molar-refractivity contribution >= 4 is 35.0 Å². The molecule has 1 aromatic rings. The second-order valence-electron chi connectivity index (χ2n) is 8.59. The highest BCUT2D eigenvalue weighted by molar-refractivity contribution is 6.42. The van der Waals surface area contributed by atoms with E-state index in [4.69, 9.17) is 27.9 Å². The summed E-state index contributed by atoms with van der Waals surface area (Å²) in [6, 6.07) is 5.10. The largest absolute Gasteiger partial charge is 0.484 e. The van der Waals surface area contributed by atoms with Crippen LogP contribution in [-0.4, -0.2) is 53.6 Å². The van der Waals surface area contributed by atoms with Crippen LogP contribution in [0.5, 0.6) is 5.75 Å². The first-order chi connectivity index (χ1) is 13.7. The molecule has 0 spiro atoms. The van der Waals surface area contributed by atoms with Gasteiger partial charge in [0.25, 0.3) is 5.91 Å². The highest BCUT2D eigenvalue weighted by atomic mass is 35.5. The number of ether oxygens (including phenoxy) is 1. The fourth-order valence-corrected chi connectivity index (χ4v) is 5.13. The van der Waals surface area contributed by atoms with Gasteiger partial charge in [-0.2, -0.15) is 0 Å². The van der Waals surface area contributed by atoms with Crippen molar-refractivity contribution in [3.8, 4) is 5.75 Å². The summed E-state index contributed by atoms with van der Waals surface area (Å²) in [4.78, 5) is 24.9. The fourth-order valence-electron chi connectivity index (χ4n) is 4.84. The van der Waals surface area contributed by atoms with Gasteiger partial charge in [-0.05, 0) is 44.2 Å². The number of rotatable bonds is 7. The Morgan fingerprint density at radius 1 is 1.21 bits per heavy atom. The molecule has 3 saturated carbocycles. The number of nitrogens with zero attached hydrogens (tertiary/aromatic N) is 1. The Morgan fingerprint density at radius 3 is 2.52 bits per heavy atom. The number of carbonyl (C=O) groups is 2. The van der Waals surface area contributed by atoms with E-state index in [1.807, 2.05) is 12.1 Å². The molecule has 3 N–H and O–H groups in total. The van der Waals surface area contributed by atoms with E-state index in [9.17, 15) is 9.59 Å². The van der Waals surface area contributed by atoms with Crippen LogP contribution < -0.4 is 20.8 Å². The van der Waals surface area contributed by atoms with Gasteiger partial charge < -0.3 is 15.4 Å². The van der Waals surface area contributed by atoms with Gasteiger partial charge in [0, 0.05) is 30.2 Å². The summed E-state index contributed by atoms with van der Waals surface area (Å²) < 4.78 is 5.49. The van der Waals surface area contributed by atoms with Gasteiger partial charge in [0.15, 0.2) is 6.61 Å². The molecule has 3 aliphatic carbocycles. The lowest BCUT2D eigenvalue weighted by molar-refractivity contribution is -0.152.